The third-order valence-corrected chi connectivity index (χ3v) is 4.38. The fraction of sp³-hybridized carbons (Fsp3) is 0.278. The SMILES string of the molecule is CSc1cccc(NC(C)C(=O)Nc2ccc3c(c2)OCCO3)c1. The average Bonchev–Trinajstić information content (AvgIpc) is 2.61. The number of nitrogens with one attached hydrogen (secondary N) is 2. The zero-order chi connectivity index (χ0) is 16.9. The first kappa shape index (κ1) is 16.5. The Morgan fingerprint density at radius 3 is 2.67 bits per heavy atom. The number of hydrogen-bond donors (Lipinski definition) is 2. The van der Waals surface area contributed by atoms with Crippen LogP contribution in [-0.2, 0) is 4.79 Å². The molecule has 3 rings (SSSR count). The summed E-state index contributed by atoms with van der Waals surface area (Å²) in [4.78, 5) is 13.5. The first-order valence-corrected chi connectivity index (χ1v) is 8.99. The normalized spacial score (nSPS) is 13.9. The van der Waals surface area contributed by atoms with Crippen LogP contribution in [0.1, 0.15) is 6.92 Å². The van der Waals surface area contributed by atoms with Gasteiger partial charge >= 0.3 is 0 Å². The van der Waals surface area contributed by atoms with Crippen LogP contribution in [0.15, 0.2) is 47.4 Å². The van der Waals surface area contributed by atoms with Gasteiger partial charge in [0.05, 0.1) is 0 Å². The first-order valence-electron chi connectivity index (χ1n) is 7.77. The Morgan fingerprint density at radius 2 is 1.88 bits per heavy atom. The predicted molar refractivity (Wildman–Crippen MR) is 97.4 cm³/mol. The molecular formula is C18H20N2O3S. The third-order valence-electron chi connectivity index (χ3n) is 3.66. The van der Waals surface area contributed by atoms with Gasteiger partial charge < -0.3 is 20.1 Å². The fourth-order valence-corrected chi connectivity index (χ4v) is 2.86. The highest BCUT2D eigenvalue weighted by Gasteiger charge is 2.16. The van der Waals surface area contributed by atoms with E-state index in [2.05, 4.69) is 10.6 Å². The minimum atomic E-state index is -0.365. The molecule has 2 N–H and O–H groups in total. The molecule has 0 aliphatic carbocycles. The molecule has 2 aromatic carbocycles. The summed E-state index contributed by atoms with van der Waals surface area (Å²) in [6, 6.07) is 13.0. The molecule has 2 aromatic rings. The topological polar surface area (TPSA) is 59.6 Å². The summed E-state index contributed by atoms with van der Waals surface area (Å²) in [6.07, 6.45) is 2.02. The van der Waals surface area contributed by atoms with Crippen molar-refractivity contribution in [1.29, 1.82) is 0 Å². The molecule has 0 fully saturated rings. The number of thioether (sulfide) groups is 1. The maximum absolute atomic E-state index is 12.4. The summed E-state index contributed by atoms with van der Waals surface area (Å²) in [5.74, 6) is 1.26. The molecule has 0 aromatic heterocycles. The maximum Gasteiger partial charge on any atom is 0.246 e. The quantitative estimate of drug-likeness (QED) is 0.811. The van der Waals surface area contributed by atoms with Crippen molar-refractivity contribution in [2.45, 2.75) is 17.9 Å². The zero-order valence-electron chi connectivity index (χ0n) is 13.7. The number of carbonyl (C=O) groups is 1. The van der Waals surface area contributed by atoms with E-state index in [4.69, 9.17) is 9.47 Å². The van der Waals surface area contributed by atoms with E-state index >= 15 is 0 Å². The monoisotopic (exact) mass is 344 g/mol. The Balaban J connectivity index is 1.63. The molecule has 1 unspecified atom stereocenters. The van der Waals surface area contributed by atoms with Gasteiger partial charge in [0.1, 0.15) is 19.3 Å². The molecule has 0 saturated carbocycles. The van der Waals surface area contributed by atoms with Crippen LogP contribution in [0.2, 0.25) is 0 Å². The van der Waals surface area contributed by atoms with Crippen molar-refractivity contribution in [2.24, 2.45) is 0 Å². The molecule has 0 saturated heterocycles. The van der Waals surface area contributed by atoms with Gasteiger partial charge in [0.15, 0.2) is 11.5 Å². The Hall–Kier alpha value is -2.34. The van der Waals surface area contributed by atoms with Crippen molar-refractivity contribution >= 4 is 29.0 Å². The molecule has 1 aliphatic rings. The van der Waals surface area contributed by atoms with Crippen LogP contribution in [0, 0.1) is 0 Å². The summed E-state index contributed by atoms with van der Waals surface area (Å²) in [5, 5.41) is 6.12. The van der Waals surface area contributed by atoms with E-state index in [-0.39, 0.29) is 11.9 Å². The fourth-order valence-electron chi connectivity index (χ4n) is 2.40. The summed E-state index contributed by atoms with van der Waals surface area (Å²) in [6.45, 7) is 2.90. The highest BCUT2D eigenvalue weighted by molar-refractivity contribution is 7.98. The van der Waals surface area contributed by atoms with Gasteiger partial charge in [-0.3, -0.25) is 4.79 Å². The van der Waals surface area contributed by atoms with Crippen molar-refractivity contribution < 1.29 is 14.3 Å². The number of ether oxygens (including phenoxy) is 2. The van der Waals surface area contributed by atoms with Gasteiger partial charge in [-0.1, -0.05) is 6.07 Å². The van der Waals surface area contributed by atoms with Crippen molar-refractivity contribution in [1.82, 2.24) is 0 Å². The molecule has 0 bridgehead atoms. The Labute approximate surface area is 145 Å². The van der Waals surface area contributed by atoms with Gasteiger partial charge in [0, 0.05) is 22.3 Å². The second-order valence-corrected chi connectivity index (χ2v) is 6.33. The van der Waals surface area contributed by atoms with E-state index in [1.807, 2.05) is 49.6 Å². The Kier molecular flexibility index (Phi) is 5.15. The smallest absolute Gasteiger partial charge is 0.246 e. The molecule has 0 radical (unpaired) electrons. The predicted octanol–water partition coefficient (Wildman–Crippen LogP) is 3.62. The number of anilines is 2. The summed E-state index contributed by atoms with van der Waals surface area (Å²) in [5.41, 5.74) is 1.61. The molecule has 1 heterocycles. The second kappa shape index (κ2) is 7.49. The van der Waals surface area contributed by atoms with E-state index in [9.17, 15) is 4.79 Å². The highest BCUT2D eigenvalue weighted by atomic mass is 32.2. The average molecular weight is 344 g/mol. The van der Waals surface area contributed by atoms with E-state index in [0.717, 1.165) is 10.6 Å². The number of carbonyl (C=O) groups excluding carboxylic acids is 1. The molecule has 5 nitrogen and oxygen atoms in total. The second-order valence-electron chi connectivity index (χ2n) is 5.45. The van der Waals surface area contributed by atoms with Crippen molar-refractivity contribution in [2.75, 3.05) is 30.1 Å². The molecule has 24 heavy (non-hydrogen) atoms. The largest absolute Gasteiger partial charge is 0.486 e. The third kappa shape index (κ3) is 3.94. The molecule has 6 heteroatoms. The van der Waals surface area contributed by atoms with Crippen LogP contribution in [0.25, 0.3) is 0 Å². The van der Waals surface area contributed by atoms with Crippen molar-refractivity contribution in [3.05, 3.63) is 42.5 Å². The number of benzene rings is 2. The van der Waals surface area contributed by atoms with Crippen LogP contribution >= 0.6 is 11.8 Å². The van der Waals surface area contributed by atoms with E-state index in [0.29, 0.717) is 30.4 Å². The van der Waals surface area contributed by atoms with Gasteiger partial charge in [-0.2, -0.15) is 0 Å². The lowest BCUT2D eigenvalue weighted by Crippen LogP contribution is -2.31. The Morgan fingerprint density at radius 1 is 1.08 bits per heavy atom. The lowest BCUT2D eigenvalue weighted by atomic mass is 10.2. The van der Waals surface area contributed by atoms with Crippen LogP contribution in [0.3, 0.4) is 0 Å². The van der Waals surface area contributed by atoms with Gasteiger partial charge in [0.2, 0.25) is 5.91 Å². The van der Waals surface area contributed by atoms with Crippen LogP contribution in [-0.4, -0.2) is 31.4 Å². The first-order chi connectivity index (χ1) is 11.7. The molecule has 1 aliphatic heterocycles. The highest BCUT2D eigenvalue weighted by Crippen LogP contribution is 2.32. The molecule has 1 amide bonds. The number of rotatable bonds is 5. The maximum atomic E-state index is 12.4. The van der Waals surface area contributed by atoms with Crippen LogP contribution in [0.4, 0.5) is 11.4 Å². The standard InChI is InChI=1S/C18H20N2O3S/c1-12(19-13-4-3-5-15(10-13)24-2)18(21)20-14-6-7-16-17(11-14)23-9-8-22-16/h3-7,10-12,19H,8-9H2,1-2H3,(H,20,21). The van der Waals surface area contributed by atoms with E-state index < -0.39 is 0 Å². The number of fused-ring (bicyclic) bond motifs is 1. The lowest BCUT2D eigenvalue weighted by molar-refractivity contribution is -0.116. The Bertz CT molecular complexity index is 736. The van der Waals surface area contributed by atoms with Gasteiger partial charge in [-0.25, -0.2) is 0 Å². The van der Waals surface area contributed by atoms with Gasteiger partial charge in [0.25, 0.3) is 0 Å². The molecule has 126 valence electrons. The van der Waals surface area contributed by atoms with Gasteiger partial charge in [-0.05, 0) is 43.5 Å². The molecular weight excluding hydrogens is 324 g/mol. The summed E-state index contributed by atoms with van der Waals surface area (Å²) >= 11 is 1.67. The number of hydrogen-bond acceptors (Lipinski definition) is 5. The van der Waals surface area contributed by atoms with Crippen molar-refractivity contribution in [3.63, 3.8) is 0 Å². The molecule has 1 atom stereocenters. The summed E-state index contributed by atoms with van der Waals surface area (Å²) in [7, 11) is 0. The van der Waals surface area contributed by atoms with E-state index in [1.54, 1.807) is 17.8 Å². The van der Waals surface area contributed by atoms with Gasteiger partial charge in [-0.15, -0.1) is 11.8 Å². The summed E-state index contributed by atoms with van der Waals surface area (Å²) < 4.78 is 11.0. The van der Waals surface area contributed by atoms with Crippen molar-refractivity contribution in [3.8, 4) is 11.5 Å². The molecule has 0 spiro atoms. The minimum absolute atomic E-state index is 0.110. The van der Waals surface area contributed by atoms with Crippen LogP contribution < -0.4 is 20.1 Å². The minimum Gasteiger partial charge on any atom is -0.486 e. The number of amides is 1. The zero-order valence-corrected chi connectivity index (χ0v) is 14.5. The van der Waals surface area contributed by atoms with Crippen LogP contribution in [0.5, 0.6) is 11.5 Å². The lowest BCUT2D eigenvalue weighted by Gasteiger charge is -2.20. The van der Waals surface area contributed by atoms with E-state index in [1.165, 1.54) is 0 Å².